The fraction of sp³-hybridized carbons (Fsp3) is 0.429. The predicted octanol–water partition coefficient (Wildman–Crippen LogP) is 2.69. The number of hydrogen-bond acceptors (Lipinski definition) is 6. The number of aromatic nitrogens is 5. The summed E-state index contributed by atoms with van der Waals surface area (Å²) >= 11 is 0. The molecule has 1 aromatic carbocycles. The van der Waals surface area contributed by atoms with Crippen molar-refractivity contribution in [1.82, 2.24) is 30.5 Å². The highest BCUT2D eigenvalue weighted by Crippen LogP contribution is 2.39. The minimum atomic E-state index is -0.768. The van der Waals surface area contributed by atoms with Gasteiger partial charge < -0.3 is 19.7 Å². The van der Waals surface area contributed by atoms with Crippen LogP contribution in [0.2, 0.25) is 0 Å². The van der Waals surface area contributed by atoms with Crippen molar-refractivity contribution in [2.75, 3.05) is 6.54 Å². The molecule has 0 amide bonds. The van der Waals surface area contributed by atoms with Gasteiger partial charge in [-0.25, -0.2) is 0 Å². The van der Waals surface area contributed by atoms with Crippen molar-refractivity contribution in [2.24, 2.45) is 11.8 Å². The fourth-order valence-electron chi connectivity index (χ4n) is 4.73. The number of fused-ring (bicyclic) bond motifs is 1. The molecule has 5 rings (SSSR count). The number of aromatic amines is 1. The normalized spacial score (nSPS) is 25.3. The van der Waals surface area contributed by atoms with Crippen molar-refractivity contribution in [3.05, 3.63) is 42.7 Å². The summed E-state index contributed by atoms with van der Waals surface area (Å²) < 4.78 is 8.51. The van der Waals surface area contributed by atoms with E-state index in [2.05, 4.69) is 25.9 Å². The highest BCUT2D eigenvalue weighted by molar-refractivity contribution is 5.85. The number of hydrogen-bond donors (Lipinski definition) is 3. The van der Waals surface area contributed by atoms with Crippen LogP contribution in [0.15, 0.2) is 42.7 Å². The van der Waals surface area contributed by atoms with Gasteiger partial charge >= 0.3 is 5.97 Å². The number of H-pyrrole nitrogens is 1. The van der Waals surface area contributed by atoms with Crippen molar-refractivity contribution >= 4 is 18.4 Å². The summed E-state index contributed by atoms with van der Waals surface area (Å²) in [5.74, 6) is 1.31. The smallest absolute Gasteiger partial charge is 0.320 e. The first kappa shape index (κ1) is 21.3. The quantitative estimate of drug-likeness (QED) is 0.553. The molecule has 1 aliphatic heterocycles. The number of aliphatic carboxylic acids is 1. The summed E-state index contributed by atoms with van der Waals surface area (Å²) in [4.78, 5) is 11.4. The van der Waals surface area contributed by atoms with E-state index in [1.54, 1.807) is 0 Å². The van der Waals surface area contributed by atoms with E-state index < -0.39 is 12.0 Å². The van der Waals surface area contributed by atoms with Gasteiger partial charge in [0.05, 0.1) is 11.7 Å². The summed E-state index contributed by atoms with van der Waals surface area (Å²) in [6, 6.07) is 9.44. The zero-order chi connectivity index (χ0) is 20.5. The van der Waals surface area contributed by atoms with Gasteiger partial charge in [0.25, 0.3) is 0 Å². The first-order valence-corrected chi connectivity index (χ1v) is 10.3. The molecule has 3 heterocycles. The zero-order valence-corrected chi connectivity index (χ0v) is 17.7. The van der Waals surface area contributed by atoms with Crippen molar-refractivity contribution < 1.29 is 14.6 Å². The van der Waals surface area contributed by atoms with Gasteiger partial charge in [0.1, 0.15) is 11.8 Å². The first-order valence-electron chi connectivity index (χ1n) is 10.3. The summed E-state index contributed by atoms with van der Waals surface area (Å²) in [5.41, 5.74) is 1.78. The van der Waals surface area contributed by atoms with Gasteiger partial charge in [-0.2, -0.15) is 5.21 Å². The second-order valence-corrected chi connectivity index (χ2v) is 8.11. The Morgan fingerprint density at radius 1 is 1.16 bits per heavy atom. The second kappa shape index (κ2) is 9.07. The molecule has 0 spiro atoms. The van der Waals surface area contributed by atoms with Crippen molar-refractivity contribution in [3.63, 3.8) is 0 Å². The largest absolute Gasteiger partial charge is 0.490 e. The summed E-state index contributed by atoms with van der Waals surface area (Å²) in [7, 11) is 0. The van der Waals surface area contributed by atoms with Crippen LogP contribution in [0.1, 0.15) is 25.7 Å². The maximum atomic E-state index is 11.4. The highest BCUT2D eigenvalue weighted by atomic mass is 35.5. The number of nitrogens with one attached hydrogen (secondary N) is 2. The molecule has 31 heavy (non-hydrogen) atoms. The average molecular weight is 445 g/mol. The number of piperidine rings is 1. The van der Waals surface area contributed by atoms with E-state index in [0.717, 1.165) is 42.8 Å². The lowest BCUT2D eigenvalue weighted by Gasteiger charge is -2.41. The van der Waals surface area contributed by atoms with Crippen LogP contribution in [0.4, 0.5) is 0 Å². The number of ether oxygens (including phenoxy) is 1. The number of carboxylic acids is 1. The van der Waals surface area contributed by atoms with Gasteiger partial charge in [0, 0.05) is 24.1 Å². The Hall–Kier alpha value is -2.91. The molecule has 2 aliphatic rings. The minimum Gasteiger partial charge on any atom is -0.490 e. The Morgan fingerprint density at radius 2 is 2.00 bits per heavy atom. The van der Waals surface area contributed by atoms with Crippen LogP contribution in [0.5, 0.6) is 5.75 Å². The van der Waals surface area contributed by atoms with Gasteiger partial charge in [0.2, 0.25) is 5.82 Å². The molecule has 2 aromatic heterocycles. The molecule has 2 fully saturated rings. The van der Waals surface area contributed by atoms with E-state index in [4.69, 9.17) is 4.74 Å². The third-order valence-corrected chi connectivity index (χ3v) is 6.30. The molecule has 3 aromatic rings. The monoisotopic (exact) mass is 444 g/mol. The molecular formula is C21H25ClN6O3. The summed E-state index contributed by atoms with van der Waals surface area (Å²) in [6.07, 6.45) is 7.49. The molecule has 10 heteroatoms. The molecule has 9 nitrogen and oxygen atoms in total. The Kier molecular flexibility index (Phi) is 6.24. The van der Waals surface area contributed by atoms with Crippen molar-refractivity contribution in [2.45, 2.75) is 37.8 Å². The third-order valence-electron chi connectivity index (χ3n) is 6.30. The number of rotatable bonds is 5. The van der Waals surface area contributed by atoms with E-state index >= 15 is 0 Å². The molecule has 4 atom stereocenters. The van der Waals surface area contributed by atoms with Gasteiger partial charge in [0.15, 0.2) is 0 Å². The number of carbonyl (C=O) groups is 1. The summed E-state index contributed by atoms with van der Waals surface area (Å²) in [5, 5.41) is 27.0. The van der Waals surface area contributed by atoms with Crippen LogP contribution in [0.25, 0.3) is 17.1 Å². The van der Waals surface area contributed by atoms with Gasteiger partial charge in [-0.1, -0.05) is 0 Å². The lowest BCUT2D eigenvalue weighted by Crippen LogP contribution is -2.50. The molecule has 3 N–H and O–H groups in total. The number of tetrazole rings is 1. The average Bonchev–Trinajstić information content (AvgIpc) is 3.47. The van der Waals surface area contributed by atoms with Crippen LogP contribution in [0.3, 0.4) is 0 Å². The maximum absolute atomic E-state index is 11.4. The van der Waals surface area contributed by atoms with E-state index in [-0.39, 0.29) is 18.5 Å². The predicted molar refractivity (Wildman–Crippen MR) is 115 cm³/mol. The van der Waals surface area contributed by atoms with E-state index in [1.807, 2.05) is 47.3 Å². The lowest BCUT2D eigenvalue weighted by atomic mass is 9.72. The molecule has 1 aliphatic carbocycles. The molecule has 0 unspecified atom stereocenters. The Balaban J connectivity index is 0.00000231. The van der Waals surface area contributed by atoms with Gasteiger partial charge in [-0.15, -0.1) is 22.6 Å². The summed E-state index contributed by atoms with van der Waals surface area (Å²) in [6.45, 7) is 0.769. The van der Waals surface area contributed by atoms with Crippen molar-refractivity contribution in [3.8, 4) is 22.8 Å². The molecule has 1 saturated carbocycles. The number of nitrogens with zero attached hydrogens (tertiary/aromatic N) is 4. The van der Waals surface area contributed by atoms with Crippen LogP contribution < -0.4 is 10.1 Å². The van der Waals surface area contributed by atoms with Crippen LogP contribution in [-0.2, 0) is 4.79 Å². The molecule has 0 bridgehead atoms. The molecular weight excluding hydrogens is 420 g/mol. The molecule has 1 saturated heterocycles. The molecule has 164 valence electrons. The minimum absolute atomic E-state index is 0. The van der Waals surface area contributed by atoms with E-state index in [1.165, 1.54) is 0 Å². The topological polar surface area (TPSA) is 118 Å². The first-order chi connectivity index (χ1) is 14.7. The maximum Gasteiger partial charge on any atom is 0.320 e. The van der Waals surface area contributed by atoms with Gasteiger partial charge in [-0.3, -0.25) is 4.79 Å². The number of carboxylic acid groups (broad SMARTS) is 1. The number of halogens is 1. The number of benzene rings is 1. The van der Waals surface area contributed by atoms with Crippen molar-refractivity contribution in [1.29, 1.82) is 0 Å². The van der Waals surface area contributed by atoms with E-state index in [9.17, 15) is 9.90 Å². The molecule has 0 radical (unpaired) electrons. The second-order valence-electron chi connectivity index (χ2n) is 8.11. The standard InChI is InChI=1S/C21H24N6O3.ClH/c28-21(29)18-10-14-9-16(5-3-13(14)12-22-18)30-19-11-15(27-7-1-2-8-27)4-6-17(19)20-23-25-26-24-20;/h1-2,4,6-8,11,13-14,16,18,22H,3,5,9-10,12H2,(H,28,29)(H,23,24,25,26);1H/t13-,14+,16-,18-;/m0./s1. The third kappa shape index (κ3) is 4.42. The van der Waals surface area contributed by atoms with Crippen LogP contribution >= 0.6 is 12.4 Å². The van der Waals surface area contributed by atoms with Crippen LogP contribution in [-0.4, -0.2) is 55.0 Å². The Morgan fingerprint density at radius 3 is 2.74 bits per heavy atom. The highest BCUT2D eigenvalue weighted by Gasteiger charge is 2.38. The van der Waals surface area contributed by atoms with E-state index in [0.29, 0.717) is 24.1 Å². The zero-order valence-electron chi connectivity index (χ0n) is 16.8. The Labute approximate surface area is 185 Å². The lowest BCUT2D eigenvalue weighted by molar-refractivity contribution is -0.141. The Bertz CT molecular complexity index is 1010. The SMILES string of the molecule is Cl.O=C(O)[C@@H]1C[C@H]2C[C@@H](Oc3cc(-n4cccc4)ccc3-c3nn[nH]n3)CC[C@H]2CN1. The van der Waals surface area contributed by atoms with Crippen LogP contribution in [0, 0.1) is 11.8 Å². The fourth-order valence-corrected chi connectivity index (χ4v) is 4.73. The van der Waals surface area contributed by atoms with Gasteiger partial charge in [-0.05, 0) is 73.5 Å².